The van der Waals surface area contributed by atoms with Crippen molar-refractivity contribution < 1.29 is 22.8 Å². The van der Waals surface area contributed by atoms with E-state index in [0.29, 0.717) is 38.6 Å². The van der Waals surface area contributed by atoms with E-state index in [2.05, 4.69) is 26.6 Å². The van der Waals surface area contributed by atoms with Crippen LogP contribution >= 0.6 is 39.3 Å². The third kappa shape index (κ3) is 4.65. The highest BCUT2D eigenvalue weighted by Crippen LogP contribution is 2.41. The second kappa shape index (κ2) is 9.17. The third-order valence-corrected chi connectivity index (χ3v) is 6.30. The minimum atomic E-state index is -2.62. The van der Waals surface area contributed by atoms with Gasteiger partial charge in [0.15, 0.2) is 0 Å². The molecule has 3 aromatic rings. The van der Waals surface area contributed by atoms with Crippen molar-refractivity contribution in [2.24, 2.45) is 0 Å². The fourth-order valence-electron chi connectivity index (χ4n) is 3.48. The number of anilines is 1. The van der Waals surface area contributed by atoms with Crippen molar-refractivity contribution in [3.63, 3.8) is 0 Å². The predicted molar refractivity (Wildman–Crippen MR) is 121 cm³/mol. The van der Waals surface area contributed by atoms with Gasteiger partial charge in [-0.15, -0.1) is 0 Å². The van der Waals surface area contributed by atoms with Crippen LogP contribution in [0, 0.1) is 5.82 Å². The molecule has 0 radical (unpaired) electrons. The first-order valence-electron chi connectivity index (χ1n) is 9.18. The molecule has 0 bridgehead atoms. The Morgan fingerprint density at radius 2 is 1.94 bits per heavy atom. The lowest BCUT2D eigenvalue weighted by atomic mass is 9.96. The SMILES string of the molecule is O=C(Nc1cc(Br)cc2c1C(c1cc(F)ccc1Cl)NC2=O)c1cccc(SC(F)F)c1. The van der Waals surface area contributed by atoms with Crippen LogP contribution in [0.1, 0.15) is 37.9 Å². The van der Waals surface area contributed by atoms with E-state index in [1.807, 2.05) is 0 Å². The molecular formula is C22H13BrClF3N2O2S. The molecule has 164 valence electrons. The van der Waals surface area contributed by atoms with E-state index in [1.165, 1.54) is 42.5 Å². The summed E-state index contributed by atoms with van der Waals surface area (Å²) in [4.78, 5) is 25.7. The summed E-state index contributed by atoms with van der Waals surface area (Å²) in [5.74, 6) is -4.10. The van der Waals surface area contributed by atoms with E-state index in [9.17, 15) is 22.8 Å². The minimum Gasteiger partial charge on any atom is -0.341 e. The number of thioether (sulfide) groups is 1. The zero-order valence-electron chi connectivity index (χ0n) is 16.0. The Bertz CT molecular complexity index is 1240. The third-order valence-electron chi connectivity index (χ3n) is 4.79. The number of carbonyl (C=O) groups is 2. The van der Waals surface area contributed by atoms with E-state index in [0.717, 1.165) is 0 Å². The number of benzene rings is 3. The Kier molecular flexibility index (Phi) is 6.50. The van der Waals surface area contributed by atoms with Gasteiger partial charge in [-0.2, -0.15) is 8.78 Å². The fourth-order valence-corrected chi connectivity index (χ4v) is 4.72. The van der Waals surface area contributed by atoms with Crippen molar-refractivity contribution >= 4 is 56.8 Å². The van der Waals surface area contributed by atoms with Crippen LogP contribution in [-0.4, -0.2) is 17.6 Å². The smallest absolute Gasteiger partial charge is 0.288 e. The summed E-state index contributed by atoms with van der Waals surface area (Å²) in [6, 6.07) is 12.1. The first-order chi connectivity index (χ1) is 15.2. The molecular weight excluding hydrogens is 529 g/mol. The Balaban J connectivity index is 1.74. The van der Waals surface area contributed by atoms with E-state index in [-0.39, 0.29) is 15.5 Å². The van der Waals surface area contributed by atoms with Crippen molar-refractivity contribution in [1.29, 1.82) is 0 Å². The summed E-state index contributed by atoms with van der Waals surface area (Å²) in [6.45, 7) is 0. The van der Waals surface area contributed by atoms with E-state index in [1.54, 1.807) is 12.1 Å². The van der Waals surface area contributed by atoms with Crippen LogP contribution < -0.4 is 10.6 Å². The molecule has 4 rings (SSSR count). The molecule has 0 spiro atoms. The highest BCUT2D eigenvalue weighted by molar-refractivity contribution is 9.10. The number of hydrogen-bond acceptors (Lipinski definition) is 3. The van der Waals surface area contributed by atoms with Gasteiger partial charge in [-0.05, 0) is 48.5 Å². The lowest BCUT2D eigenvalue weighted by Crippen LogP contribution is -2.21. The van der Waals surface area contributed by atoms with Gasteiger partial charge in [0.2, 0.25) is 0 Å². The molecule has 1 unspecified atom stereocenters. The Hall–Kier alpha value is -2.49. The summed E-state index contributed by atoms with van der Waals surface area (Å²) in [5.41, 5.74) is 1.53. The largest absolute Gasteiger partial charge is 0.341 e. The summed E-state index contributed by atoms with van der Waals surface area (Å²) in [7, 11) is 0. The van der Waals surface area contributed by atoms with Crippen LogP contribution in [-0.2, 0) is 0 Å². The lowest BCUT2D eigenvalue weighted by Gasteiger charge is -2.18. The maximum atomic E-state index is 13.9. The van der Waals surface area contributed by atoms with Gasteiger partial charge < -0.3 is 10.6 Å². The Labute approximate surface area is 198 Å². The van der Waals surface area contributed by atoms with Gasteiger partial charge in [0, 0.05) is 42.3 Å². The maximum absolute atomic E-state index is 13.9. The zero-order valence-corrected chi connectivity index (χ0v) is 19.1. The summed E-state index contributed by atoms with van der Waals surface area (Å²) in [5, 5.41) is 5.76. The normalized spacial score (nSPS) is 14.9. The van der Waals surface area contributed by atoms with Crippen LogP contribution in [0.3, 0.4) is 0 Å². The van der Waals surface area contributed by atoms with Crippen LogP contribution in [0.5, 0.6) is 0 Å². The van der Waals surface area contributed by atoms with Crippen LogP contribution in [0.15, 0.2) is 64.0 Å². The molecule has 0 fully saturated rings. The zero-order chi connectivity index (χ0) is 23.0. The molecule has 0 aromatic heterocycles. The Morgan fingerprint density at radius 1 is 1.16 bits per heavy atom. The second-order valence-corrected chi connectivity index (χ2v) is 9.23. The van der Waals surface area contributed by atoms with Crippen LogP contribution in [0.25, 0.3) is 0 Å². The first kappa shape index (κ1) is 22.7. The molecule has 4 nitrogen and oxygen atoms in total. The van der Waals surface area contributed by atoms with Crippen LogP contribution in [0.4, 0.5) is 18.9 Å². The molecule has 2 N–H and O–H groups in total. The average Bonchev–Trinajstić information content (AvgIpc) is 3.06. The molecule has 32 heavy (non-hydrogen) atoms. The molecule has 0 saturated heterocycles. The molecule has 0 saturated carbocycles. The topological polar surface area (TPSA) is 58.2 Å². The number of carbonyl (C=O) groups excluding carboxylic acids is 2. The van der Waals surface area contributed by atoms with Crippen molar-refractivity contribution in [2.75, 3.05) is 5.32 Å². The monoisotopic (exact) mass is 540 g/mol. The van der Waals surface area contributed by atoms with E-state index in [4.69, 9.17) is 11.6 Å². The summed E-state index contributed by atoms with van der Waals surface area (Å²) in [6.07, 6.45) is 0. The number of hydrogen-bond donors (Lipinski definition) is 2. The number of alkyl halides is 2. The highest BCUT2D eigenvalue weighted by atomic mass is 79.9. The molecule has 3 aromatic carbocycles. The predicted octanol–water partition coefficient (Wildman–Crippen LogP) is 6.64. The molecule has 1 atom stereocenters. The molecule has 1 aliphatic heterocycles. The van der Waals surface area contributed by atoms with Gasteiger partial charge in [0.1, 0.15) is 5.82 Å². The fraction of sp³-hybridized carbons (Fsp3) is 0.0909. The summed E-state index contributed by atoms with van der Waals surface area (Å²) >= 11 is 9.92. The van der Waals surface area contributed by atoms with E-state index < -0.39 is 29.4 Å². The van der Waals surface area contributed by atoms with Gasteiger partial charge >= 0.3 is 0 Å². The average molecular weight is 542 g/mol. The Morgan fingerprint density at radius 3 is 2.69 bits per heavy atom. The number of fused-ring (bicyclic) bond motifs is 1. The first-order valence-corrected chi connectivity index (χ1v) is 11.2. The molecule has 2 amide bonds. The standard InChI is InChI=1S/C22H13BrClF3N2O2S/c23-11-7-15-18(19(29-21(15)31)14-9-12(25)4-5-16(14)24)17(8-11)28-20(30)10-2-1-3-13(6-10)32-22(26)27/h1-9,19,22H,(H,28,30)(H,29,31). The van der Waals surface area contributed by atoms with Gasteiger partial charge in [0.05, 0.1) is 6.04 Å². The molecule has 0 aliphatic carbocycles. The van der Waals surface area contributed by atoms with Crippen molar-refractivity contribution in [3.8, 4) is 0 Å². The number of halogens is 5. The van der Waals surface area contributed by atoms with Gasteiger partial charge in [0.25, 0.3) is 17.6 Å². The summed E-state index contributed by atoms with van der Waals surface area (Å²) < 4.78 is 39.8. The van der Waals surface area contributed by atoms with Crippen LogP contribution in [0.2, 0.25) is 5.02 Å². The van der Waals surface area contributed by atoms with Crippen molar-refractivity contribution in [2.45, 2.75) is 16.7 Å². The number of rotatable bonds is 5. The van der Waals surface area contributed by atoms with Gasteiger partial charge in [-0.1, -0.05) is 45.4 Å². The molecule has 1 aliphatic rings. The molecule has 10 heteroatoms. The molecule has 1 heterocycles. The quantitative estimate of drug-likeness (QED) is 0.356. The highest BCUT2D eigenvalue weighted by Gasteiger charge is 2.34. The second-order valence-electron chi connectivity index (χ2n) is 6.85. The van der Waals surface area contributed by atoms with Crippen molar-refractivity contribution in [1.82, 2.24) is 5.32 Å². The van der Waals surface area contributed by atoms with E-state index >= 15 is 0 Å². The number of amides is 2. The van der Waals surface area contributed by atoms with Gasteiger partial charge in [-0.3, -0.25) is 9.59 Å². The lowest BCUT2D eigenvalue weighted by molar-refractivity contribution is 0.0959. The van der Waals surface area contributed by atoms with Gasteiger partial charge in [-0.25, -0.2) is 4.39 Å². The van der Waals surface area contributed by atoms with Crippen molar-refractivity contribution in [3.05, 3.63) is 92.2 Å². The minimum absolute atomic E-state index is 0.169. The number of nitrogens with one attached hydrogen (secondary N) is 2. The maximum Gasteiger partial charge on any atom is 0.288 e.